The predicted molar refractivity (Wildman–Crippen MR) is 45.7 cm³/mol. The molecule has 5 nitrogen and oxygen atoms in total. The molecule has 0 radical (unpaired) electrons. The van der Waals surface area contributed by atoms with E-state index in [9.17, 15) is 9.59 Å². The quantitative estimate of drug-likeness (QED) is 0.495. The maximum atomic E-state index is 11.1. The van der Waals surface area contributed by atoms with E-state index in [0.29, 0.717) is 0 Å². The first-order chi connectivity index (χ1) is 6.02. The number of methoxy groups -OCH3 is 1. The van der Waals surface area contributed by atoms with Crippen molar-refractivity contribution >= 4 is 11.9 Å². The van der Waals surface area contributed by atoms with Crippen molar-refractivity contribution in [1.82, 2.24) is 5.32 Å². The average molecular weight is 184 g/mol. The molecule has 13 heavy (non-hydrogen) atoms. The summed E-state index contributed by atoms with van der Waals surface area (Å²) in [7, 11) is 1.24. The van der Waals surface area contributed by atoms with E-state index in [2.05, 4.69) is 14.9 Å². The fourth-order valence-corrected chi connectivity index (χ4v) is 0.628. The van der Waals surface area contributed by atoms with Gasteiger partial charge in [-0.05, 0) is 6.92 Å². The average Bonchev–Trinajstić information content (AvgIpc) is 2.14. The fraction of sp³-hybridized carbons (Fsp3) is 0.625. The van der Waals surface area contributed by atoms with Gasteiger partial charge in [0.25, 0.3) is 6.04 Å². The molecule has 0 saturated heterocycles. The molecule has 1 amide bonds. The molecule has 0 aliphatic rings. The summed E-state index contributed by atoms with van der Waals surface area (Å²) >= 11 is 0. The molecule has 2 unspecified atom stereocenters. The molecular weight excluding hydrogens is 172 g/mol. The minimum atomic E-state index is -0.771. The molecule has 0 rings (SSSR count). The van der Waals surface area contributed by atoms with Crippen LogP contribution in [0.4, 0.5) is 0 Å². The van der Waals surface area contributed by atoms with Crippen LogP contribution in [-0.2, 0) is 14.3 Å². The summed E-state index contributed by atoms with van der Waals surface area (Å²) < 4.78 is 4.40. The lowest BCUT2D eigenvalue weighted by atomic mass is 10.3. The van der Waals surface area contributed by atoms with Crippen molar-refractivity contribution in [1.29, 1.82) is 0 Å². The Morgan fingerprint density at radius 1 is 1.46 bits per heavy atom. The van der Waals surface area contributed by atoms with E-state index in [1.165, 1.54) is 21.0 Å². The first kappa shape index (κ1) is 11.4. The highest BCUT2D eigenvalue weighted by atomic mass is 16.5. The topological polar surface area (TPSA) is 59.8 Å². The van der Waals surface area contributed by atoms with Crippen LogP contribution >= 0.6 is 0 Å². The Morgan fingerprint density at radius 3 is 2.38 bits per heavy atom. The number of carbonyl (C=O) groups excluding carboxylic acids is 2. The van der Waals surface area contributed by atoms with Gasteiger partial charge in [-0.2, -0.15) is 0 Å². The smallest absolute Gasteiger partial charge is 0.328 e. The van der Waals surface area contributed by atoms with E-state index in [-0.39, 0.29) is 0 Å². The molecule has 0 aromatic rings. The zero-order valence-corrected chi connectivity index (χ0v) is 7.83. The predicted octanol–water partition coefficient (Wildman–Crippen LogP) is -0.0281. The van der Waals surface area contributed by atoms with Gasteiger partial charge < -0.3 is 14.9 Å². The summed E-state index contributed by atoms with van der Waals surface area (Å²) in [5, 5.41) is 2.35. The minimum Gasteiger partial charge on any atom is -0.467 e. The summed E-state index contributed by atoms with van der Waals surface area (Å²) in [6.45, 7) is 9.55. The second-order valence-electron chi connectivity index (χ2n) is 2.56. The van der Waals surface area contributed by atoms with Crippen molar-refractivity contribution in [3.63, 3.8) is 0 Å². The lowest BCUT2D eigenvalue weighted by Crippen LogP contribution is -2.42. The number of hydrogen-bond acceptors (Lipinski definition) is 3. The minimum absolute atomic E-state index is 0.465. The molecule has 0 aromatic heterocycles. The second-order valence-corrected chi connectivity index (χ2v) is 2.56. The monoisotopic (exact) mass is 184 g/mol. The van der Waals surface area contributed by atoms with Crippen LogP contribution < -0.4 is 5.32 Å². The van der Waals surface area contributed by atoms with E-state index < -0.39 is 24.0 Å². The molecular formula is C8H12N2O3. The van der Waals surface area contributed by atoms with Crippen LogP contribution in [0.5, 0.6) is 0 Å². The molecule has 72 valence electrons. The zero-order chi connectivity index (χ0) is 10.4. The summed E-state index contributed by atoms with van der Waals surface area (Å²) in [4.78, 5) is 24.9. The van der Waals surface area contributed by atoms with E-state index in [1.807, 2.05) is 0 Å². The largest absolute Gasteiger partial charge is 0.467 e. The Morgan fingerprint density at radius 2 is 2.00 bits per heavy atom. The zero-order valence-electron chi connectivity index (χ0n) is 7.83. The molecule has 0 fully saturated rings. The molecule has 0 heterocycles. The molecule has 5 heteroatoms. The van der Waals surface area contributed by atoms with Gasteiger partial charge in [0.05, 0.1) is 7.11 Å². The molecule has 0 spiro atoms. The molecule has 0 saturated carbocycles. The molecule has 0 bridgehead atoms. The van der Waals surface area contributed by atoms with E-state index in [4.69, 9.17) is 6.57 Å². The lowest BCUT2D eigenvalue weighted by molar-refractivity contribution is -0.144. The van der Waals surface area contributed by atoms with Crippen LogP contribution in [0.3, 0.4) is 0 Å². The third-order valence-electron chi connectivity index (χ3n) is 1.49. The summed E-state index contributed by atoms with van der Waals surface area (Å²) in [6.07, 6.45) is 0. The normalized spacial score (nSPS) is 13.7. The summed E-state index contributed by atoms with van der Waals surface area (Å²) in [5.74, 6) is -0.988. The lowest BCUT2D eigenvalue weighted by Gasteiger charge is -2.10. The van der Waals surface area contributed by atoms with Crippen molar-refractivity contribution in [3.05, 3.63) is 11.4 Å². The highest BCUT2D eigenvalue weighted by Gasteiger charge is 2.22. The van der Waals surface area contributed by atoms with Gasteiger partial charge >= 0.3 is 11.9 Å². The SMILES string of the molecule is [C-]#[N+]C(C)C(=O)NC(C)C(=O)OC. The van der Waals surface area contributed by atoms with E-state index in [0.717, 1.165) is 0 Å². The third-order valence-corrected chi connectivity index (χ3v) is 1.49. The Bertz CT molecular complexity index is 244. The fourth-order valence-electron chi connectivity index (χ4n) is 0.628. The van der Waals surface area contributed by atoms with Crippen molar-refractivity contribution in [2.45, 2.75) is 25.9 Å². The van der Waals surface area contributed by atoms with Crippen LogP contribution in [0.1, 0.15) is 13.8 Å². The van der Waals surface area contributed by atoms with Gasteiger partial charge in [-0.3, -0.25) is 4.79 Å². The van der Waals surface area contributed by atoms with Crippen LogP contribution in [0.25, 0.3) is 4.85 Å². The molecule has 1 N–H and O–H groups in total. The molecule has 2 atom stereocenters. The first-order valence-corrected chi connectivity index (χ1v) is 3.77. The van der Waals surface area contributed by atoms with Crippen molar-refractivity contribution in [2.75, 3.05) is 7.11 Å². The number of carbonyl (C=O) groups is 2. The molecule has 0 aliphatic heterocycles. The van der Waals surface area contributed by atoms with Gasteiger partial charge in [0.15, 0.2) is 0 Å². The van der Waals surface area contributed by atoms with Crippen LogP contribution in [0, 0.1) is 6.57 Å². The number of amides is 1. The number of nitrogens with zero attached hydrogens (tertiary/aromatic N) is 1. The van der Waals surface area contributed by atoms with Crippen molar-refractivity contribution in [3.8, 4) is 0 Å². The molecule has 0 aromatic carbocycles. The maximum Gasteiger partial charge on any atom is 0.328 e. The highest BCUT2D eigenvalue weighted by molar-refractivity contribution is 5.87. The van der Waals surface area contributed by atoms with Crippen LogP contribution in [0.2, 0.25) is 0 Å². The third kappa shape index (κ3) is 3.56. The van der Waals surface area contributed by atoms with Gasteiger partial charge in [0, 0.05) is 6.92 Å². The Hall–Kier alpha value is -1.57. The Balaban J connectivity index is 4.08. The number of rotatable bonds is 3. The Labute approximate surface area is 76.9 Å². The summed E-state index contributed by atoms with van der Waals surface area (Å²) in [5.41, 5.74) is 0. The number of hydrogen-bond donors (Lipinski definition) is 1. The number of nitrogens with one attached hydrogen (secondary N) is 1. The van der Waals surface area contributed by atoms with Gasteiger partial charge in [-0.25, -0.2) is 11.4 Å². The van der Waals surface area contributed by atoms with E-state index in [1.54, 1.807) is 0 Å². The van der Waals surface area contributed by atoms with Crippen LogP contribution in [-0.4, -0.2) is 31.1 Å². The first-order valence-electron chi connectivity index (χ1n) is 3.77. The van der Waals surface area contributed by atoms with Crippen molar-refractivity contribution in [2.24, 2.45) is 0 Å². The number of esters is 1. The van der Waals surface area contributed by atoms with E-state index >= 15 is 0 Å². The molecule has 0 aliphatic carbocycles. The van der Waals surface area contributed by atoms with Gasteiger partial charge in [0.1, 0.15) is 6.04 Å². The maximum absolute atomic E-state index is 11.1. The number of ether oxygens (including phenoxy) is 1. The van der Waals surface area contributed by atoms with Gasteiger partial charge in [-0.1, -0.05) is 0 Å². The standard InChI is InChI=1S/C8H12N2O3/c1-5(9-3)7(11)10-6(2)8(12)13-4/h5-6H,1-2,4H3,(H,10,11). The van der Waals surface area contributed by atoms with Crippen molar-refractivity contribution < 1.29 is 14.3 Å². The van der Waals surface area contributed by atoms with Gasteiger partial charge in [-0.15, -0.1) is 0 Å². The Kier molecular flexibility index (Phi) is 4.52. The second kappa shape index (κ2) is 5.14. The summed E-state index contributed by atoms with van der Waals surface area (Å²) in [6, 6.07) is -1.48. The highest BCUT2D eigenvalue weighted by Crippen LogP contribution is 1.92. The van der Waals surface area contributed by atoms with Gasteiger partial charge in [0.2, 0.25) is 0 Å². The van der Waals surface area contributed by atoms with Crippen LogP contribution in [0.15, 0.2) is 0 Å².